The van der Waals surface area contributed by atoms with Crippen molar-refractivity contribution in [2.45, 2.75) is 18.2 Å². The first-order valence-electron chi connectivity index (χ1n) is 4.31. The molecule has 82 valence electrons. The molecule has 0 aromatic heterocycles. The second-order valence-electron chi connectivity index (χ2n) is 3.10. The zero-order valence-corrected chi connectivity index (χ0v) is 9.22. The molecule has 0 heterocycles. The first-order chi connectivity index (χ1) is 6.99. The molecule has 1 rings (SSSR count). The van der Waals surface area contributed by atoms with Gasteiger partial charge in [-0.25, -0.2) is 4.39 Å². The maximum absolute atomic E-state index is 12.9. The number of aliphatic carboxylic acids is 1. The van der Waals surface area contributed by atoms with E-state index in [-0.39, 0.29) is 17.9 Å². The molecule has 2 nitrogen and oxygen atoms in total. The summed E-state index contributed by atoms with van der Waals surface area (Å²) in [5.41, 5.74) is 0.503. The van der Waals surface area contributed by atoms with E-state index in [2.05, 4.69) is 0 Å². The zero-order valence-electron chi connectivity index (χ0n) is 7.71. The molecule has 1 aromatic carbocycles. The summed E-state index contributed by atoms with van der Waals surface area (Å²) >= 11 is 11.5. The minimum Gasteiger partial charge on any atom is -0.481 e. The number of hydrogen-bond acceptors (Lipinski definition) is 1. The minimum absolute atomic E-state index is 0.0533. The SMILES string of the molecule is O=C(O)CCC(Cl)c1cc(F)cc(Cl)c1. The molecular formula is C10H9Cl2FO2. The van der Waals surface area contributed by atoms with Crippen molar-refractivity contribution in [1.82, 2.24) is 0 Å². The fraction of sp³-hybridized carbons (Fsp3) is 0.300. The molecule has 1 N–H and O–H groups in total. The lowest BCUT2D eigenvalue weighted by molar-refractivity contribution is -0.137. The lowest BCUT2D eigenvalue weighted by Crippen LogP contribution is -1.98. The van der Waals surface area contributed by atoms with Crippen LogP contribution in [0.2, 0.25) is 5.02 Å². The Balaban J connectivity index is 2.72. The van der Waals surface area contributed by atoms with Gasteiger partial charge in [-0.05, 0) is 30.2 Å². The normalized spacial score (nSPS) is 12.5. The van der Waals surface area contributed by atoms with Gasteiger partial charge in [0.2, 0.25) is 0 Å². The Morgan fingerprint density at radius 3 is 2.67 bits per heavy atom. The van der Waals surface area contributed by atoms with E-state index < -0.39 is 17.2 Å². The molecule has 5 heteroatoms. The molecule has 0 radical (unpaired) electrons. The molecule has 1 unspecified atom stereocenters. The molecular weight excluding hydrogens is 242 g/mol. The van der Waals surface area contributed by atoms with Crippen molar-refractivity contribution in [3.63, 3.8) is 0 Å². The summed E-state index contributed by atoms with van der Waals surface area (Å²) in [6.45, 7) is 0. The van der Waals surface area contributed by atoms with Crippen molar-refractivity contribution < 1.29 is 14.3 Å². The smallest absolute Gasteiger partial charge is 0.303 e. The molecule has 0 aliphatic heterocycles. The molecule has 0 aliphatic carbocycles. The summed E-state index contributed by atoms with van der Waals surface area (Å²) in [5.74, 6) is -1.40. The van der Waals surface area contributed by atoms with Crippen LogP contribution in [0.1, 0.15) is 23.8 Å². The minimum atomic E-state index is -0.928. The standard InChI is InChI=1S/C10H9Cl2FO2/c11-7-3-6(4-8(13)5-7)9(12)1-2-10(14)15/h3-5,9H,1-2H2,(H,14,15). The summed E-state index contributed by atoms with van der Waals surface area (Å²) < 4.78 is 12.9. The highest BCUT2D eigenvalue weighted by atomic mass is 35.5. The largest absolute Gasteiger partial charge is 0.481 e. The molecule has 0 aliphatic rings. The van der Waals surface area contributed by atoms with Crippen molar-refractivity contribution in [3.8, 4) is 0 Å². The predicted octanol–water partition coefficient (Wildman–Crippen LogP) is 3.62. The molecule has 1 atom stereocenters. The highest BCUT2D eigenvalue weighted by Crippen LogP contribution is 2.28. The monoisotopic (exact) mass is 250 g/mol. The van der Waals surface area contributed by atoms with E-state index >= 15 is 0 Å². The lowest BCUT2D eigenvalue weighted by Gasteiger charge is -2.08. The maximum Gasteiger partial charge on any atom is 0.303 e. The summed E-state index contributed by atoms with van der Waals surface area (Å²) in [7, 11) is 0. The molecule has 0 bridgehead atoms. The van der Waals surface area contributed by atoms with Crippen molar-refractivity contribution in [3.05, 3.63) is 34.6 Å². The van der Waals surface area contributed by atoms with Crippen molar-refractivity contribution >= 4 is 29.2 Å². The first kappa shape index (κ1) is 12.3. The van der Waals surface area contributed by atoms with Crippen LogP contribution < -0.4 is 0 Å². The van der Waals surface area contributed by atoms with E-state index in [4.69, 9.17) is 28.3 Å². The molecule has 15 heavy (non-hydrogen) atoms. The van der Waals surface area contributed by atoms with Crippen LogP contribution in [0.3, 0.4) is 0 Å². The number of rotatable bonds is 4. The summed E-state index contributed by atoms with van der Waals surface area (Å²) in [6.07, 6.45) is 0.193. The summed E-state index contributed by atoms with van der Waals surface area (Å²) in [6, 6.07) is 3.96. The quantitative estimate of drug-likeness (QED) is 0.829. The van der Waals surface area contributed by atoms with Gasteiger partial charge in [-0.15, -0.1) is 11.6 Å². The van der Waals surface area contributed by atoms with Crippen LogP contribution in [0.4, 0.5) is 4.39 Å². The van der Waals surface area contributed by atoms with Gasteiger partial charge in [0.15, 0.2) is 0 Å². The van der Waals surface area contributed by atoms with Gasteiger partial charge in [0.05, 0.1) is 5.38 Å². The van der Waals surface area contributed by atoms with E-state index in [9.17, 15) is 9.18 Å². The highest BCUT2D eigenvalue weighted by molar-refractivity contribution is 6.30. The van der Waals surface area contributed by atoms with Crippen molar-refractivity contribution in [2.75, 3.05) is 0 Å². The van der Waals surface area contributed by atoms with Crippen molar-refractivity contribution in [1.29, 1.82) is 0 Å². The van der Waals surface area contributed by atoms with E-state index in [0.29, 0.717) is 5.56 Å². The van der Waals surface area contributed by atoms with Gasteiger partial charge in [0.1, 0.15) is 5.82 Å². The van der Waals surface area contributed by atoms with Crippen LogP contribution in [-0.2, 0) is 4.79 Å². The summed E-state index contributed by atoms with van der Waals surface area (Å²) in [5, 5.41) is 8.18. The topological polar surface area (TPSA) is 37.3 Å². The van der Waals surface area contributed by atoms with E-state index in [1.165, 1.54) is 18.2 Å². The van der Waals surface area contributed by atoms with Gasteiger partial charge < -0.3 is 5.11 Å². The zero-order chi connectivity index (χ0) is 11.4. The van der Waals surface area contributed by atoms with Gasteiger partial charge in [0, 0.05) is 11.4 Å². The average Bonchev–Trinajstić information content (AvgIpc) is 2.12. The van der Waals surface area contributed by atoms with Gasteiger partial charge in [-0.1, -0.05) is 11.6 Å². The predicted molar refractivity (Wildman–Crippen MR) is 56.9 cm³/mol. The second-order valence-corrected chi connectivity index (χ2v) is 4.07. The fourth-order valence-corrected chi connectivity index (χ4v) is 1.64. The molecule has 0 saturated heterocycles. The van der Waals surface area contributed by atoms with E-state index in [0.717, 1.165) is 0 Å². The Hall–Kier alpha value is -0.800. The van der Waals surface area contributed by atoms with Crippen LogP contribution in [0.25, 0.3) is 0 Å². The van der Waals surface area contributed by atoms with Gasteiger partial charge in [0.25, 0.3) is 0 Å². The number of halogens is 3. The average molecular weight is 251 g/mol. The lowest BCUT2D eigenvalue weighted by atomic mass is 10.1. The Morgan fingerprint density at radius 1 is 1.47 bits per heavy atom. The van der Waals surface area contributed by atoms with Gasteiger partial charge in [-0.3, -0.25) is 4.79 Å². The van der Waals surface area contributed by atoms with Crippen LogP contribution in [0, 0.1) is 5.82 Å². The maximum atomic E-state index is 12.9. The molecule has 0 amide bonds. The number of carbonyl (C=O) groups is 1. The van der Waals surface area contributed by atoms with Crippen molar-refractivity contribution in [2.24, 2.45) is 0 Å². The molecule has 0 spiro atoms. The third kappa shape index (κ3) is 4.06. The number of alkyl halides is 1. The van der Waals surface area contributed by atoms with E-state index in [1.54, 1.807) is 0 Å². The van der Waals surface area contributed by atoms with E-state index in [1.807, 2.05) is 0 Å². The fourth-order valence-electron chi connectivity index (χ4n) is 1.17. The second kappa shape index (κ2) is 5.33. The third-order valence-electron chi connectivity index (χ3n) is 1.86. The number of hydrogen-bond donors (Lipinski definition) is 1. The third-order valence-corrected chi connectivity index (χ3v) is 2.55. The van der Waals surface area contributed by atoms with Gasteiger partial charge in [-0.2, -0.15) is 0 Å². The van der Waals surface area contributed by atoms with Crippen LogP contribution in [-0.4, -0.2) is 11.1 Å². The molecule has 0 saturated carbocycles. The van der Waals surface area contributed by atoms with Gasteiger partial charge >= 0.3 is 5.97 Å². The Bertz CT molecular complexity index is 348. The van der Waals surface area contributed by atoms with Crippen LogP contribution in [0.5, 0.6) is 0 Å². The Morgan fingerprint density at radius 2 is 2.13 bits per heavy atom. The number of benzene rings is 1. The Kier molecular flexibility index (Phi) is 4.36. The van der Waals surface area contributed by atoms with Crippen LogP contribution >= 0.6 is 23.2 Å². The number of carboxylic acid groups (broad SMARTS) is 1. The first-order valence-corrected chi connectivity index (χ1v) is 5.12. The summed E-state index contributed by atoms with van der Waals surface area (Å²) in [4.78, 5) is 10.3. The highest BCUT2D eigenvalue weighted by Gasteiger charge is 2.11. The Labute approximate surface area is 96.6 Å². The molecule has 1 aromatic rings. The molecule has 0 fully saturated rings. The van der Waals surface area contributed by atoms with Crippen LogP contribution in [0.15, 0.2) is 18.2 Å². The number of carboxylic acids is 1.